The number of rotatable bonds is 3. The van der Waals surface area contributed by atoms with Gasteiger partial charge in [0.1, 0.15) is 0 Å². The fourth-order valence-corrected chi connectivity index (χ4v) is 1.13. The highest BCUT2D eigenvalue weighted by molar-refractivity contribution is 5.76. The molecular weight excluding hydrogens is 182 g/mol. The number of carbonyl (C=O) groups excluding carboxylic acids is 1. The zero-order chi connectivity index (χ0) is 10.6. The maximum atomic E-state index is 11.2. The number of nitrogens with zero attached hydrogens (tertiary/aromatic N) is 1. The van der Waals surface area contributed by atoms with Gasteiger partial charge in [0.2, 0.25) is 0 Å². The highest BCUT2D eigenvalue weighted by atomic mass is 16.5. The van der Waals surface area contributed by atoms with E-state index < -0.39 is 12.1 Å². The standard InChI is InChI=1S/C10H13NO3/c1-3-14-10(13)9(12)8-5-4-6-11-7(8)2/h4-6,9,12H,3H2,1-2H3/t9-/m1/s1. The summed E-state index contributed by atoms with van der Waals surface area (Å²) < 4.78 is 4.70. The van der Waals surface area contributed by atoms with Gasteiger partial charge in [0.05, 0.1) is 6.61 Å². The number of aromatic nitrogens is 1. The summed E-state index contributed by atoms with van der Waals surface area (Å²) in [6.07, 6.45) is 0.375. The van der Waals surface area contributed by atoms with Crippen molar-refractivity contribution in [1.82, 2.24) is 4.98 Å². The summed E-state index contributed by atoms with van der Waals surface area (Å²) in [5.41, 5.74) is 1.12. The molecule has 4 heteroatoms. The summed E-state index contributed by atoms with van der Waals surface area (Å²) in [6, 6.07) is 3.33. The largest absolute Gasteiger partial charge is 0.464 e. The SMILES string of the molecule is CCOC(=O)[C@H](O)c1cccnc1C. The van der Waals surface area contributed by atoms with Gasteiger partial charge in [0.25, 0.3) is 0 Å². The number of aryl methyl sites for hydroxylation is 1. The lowest BCUT2D eigenvalue weighted by molar-refractivity contribution is -0.153. The molecular formula is C10H13NO3. The highest BCUT2D eigenvalue weighted by Crippen LogP contribution is 2.16. The van der Waals surface area contributed by atoms with Gasteiger partial charge in [-0.1, -0.05) is 6.07 Å². The minimum absolute atomic E-state index is 0.259. The third-order valence-corrected chi connectivity index (χ3v) is 1.85. The van der Waals surface area contributed by atoms with E-state index in [0.717, 1.165) is 0 Å². The van der Waals surface area contributed by atoms with Crippen LogP contribution in [0.4, 0.5) is 0 Å². The lowest BCUT2D eigenvalue weighted by atomic mass is 10.1. The van der Waals surface area contributed by atoms with Crippen LogP contribution >= 0.6 is 0 Å². The van der Waals surface area contributed by atoms with Gasteiger partial charge in [-0.2, -0.15) is 0 Å². The fourth-order valence-electron chi connectivity index (χ4n) is 1.13. The number of aliphatic hydroxyl groups is 1. The number of esters is 1. The Morgan fingerprint density at radius 2 is 2.43 bits per heavy atom. The zero-order valence-electron chi connectivity index (χ0n) is 8.23. The van der Waals surface area contributed by atoms with Crippen LogP contribution in [0.25, 0.3) is 0 Å². The summed E-state index contributed by atoms with van der Waals surface area (Å²) in [4.78, 5) is 15.2. The first-order chi connectivity index (χ1) is 6.66. The van der Waals surface area contributed by atoms with E-state index in [2.05, 4.69) is 4.98 Å². The van der Waals surface area contributed by atoms with Gasteiger partial charge in [0.15, 0.2) is 6.10 Å². The van der Waals surface area contributed by atoms with E-state index in [1.165, 1.54) is 0 Å². The normalized spacial score (nSPS) is 12.2. The molecule has 1 heterocycles. The second-order valence-corrected chi connectivity index (χ2v) is 2.83. The van der Waals surface area contributed by atoms with Gasteiger partial charge in [0, 0.05) is 17.5 Å². The predicted octanol–water partition coefficient (Wildman–Crippen LogP) is 0.987. The van der Waals surface area contributed by atoms with Crippen molar-refractivity contribution in [2.24, 2.45) is 0 Å². The minimum atomic E-state index is -1.23. The van der Waals surface area contributed by atoms with E-state index in [1.54, 1.807) is 32.2 Å². The molecule has 0 radical (unpaired) electrons. The summed E-state index contributed by atoms with van der Waals surface area (Å²) in [7, 11) is 0. The third kappa shape index (κ3) is 2.29. The Bertz CT molecular complexity index is 325. The first-order valence-electron chi connectivity index (χ1n) is 4.43. The molecule has 0 unspecified atom stereocenters. The second kappa shape index (κ2) is 4.72. The molecule has 0 saturated heterocycles. The summed E-state index contributed by atoms with van der Waals surface area (Å²) in [6.45, 7) is 3.69. The molecule has 1 aromatic heterocycles. The average Bonchev–Trinajstić information content (AvgIpc) is 2.18. The van der Waals surface area contributed by atoms with E-state index in [9.17, 15) is 9.90 Å². The fraction of sp³-hybridized carbons (Fsp3) is 0.400. The molecule has 1 atom stereocenters. The van der Waals surface area contributed by atoms with Crippen molar-refractivity contribution in [2.75, 3.05) is 6.61 Å². The van der Waals surface area contributed by atoms with Crippen LogP contribution in [0.15, 0.2) is 18.3 Å². The number of pyridine rings is 1. The first-order valence-corrected chi connectivity index (χ1v) is 4.43. The van der Waals surface area contributed by atoms with Gasteiger partial charge in [-0.15, -0.1) is 0 Å². The second-order valence-electron chi connectivity index (χ2n) is 2.83. The van der Waals surface area contributed by atoms with Crippen molar-refractivity contribution < 1.29 is 14.6 Å². The summed E-state index contributed by atoms with van der Waals surface area (Å²) >= 11 is 0. The number of hydrogen-bond acceptors (Lipinski definition) is 4. The van der Waals surface area contributed by atoms with Crippen molar-refractivity contribution in [2.45, 2.75) is 20.0 Å². The van der Waals surface area contributed by atoms with Crippen molar-refractivity contribution in [3.63, 3.8) is 0 Å². The Morgan fingerprint density at radius 1 is 1.71 bits per heavy atom. The molecule has 0 amide bonds. The van der Waals surface area contributed by atoms with Crippen LogP contribution in [0.1, 0.15) is 24.3 Å². The Labute approximate surface area is 82.5 Å². The maximum absolute atomic E-state index is 11.2. The number of hydrogen-bond donors (Lipinski definition) is 1. The molecule has 1 rings (SSSR count). The van der Waals surface area contributed by atoms with Gasteiger partial charge in [-0.3, -0.25) is 4.98 Å². The Hall–Kier alpha value is -1.42. The van der Waals surface area contributed by atoms with Crippen molar-refractivity contribution in [3.8, 4) is 0 Å². The number of ether oxygens (including phenoxy) is 1. The molecule has 1 aromatic rings. The minimum Gasteiger partial charge on any atom is -0.464 e. The van der Waals surface area contributed by atoms with Crippen LogP contribution in [0.3, 0.4) is 0 Å². The number of aliphatic hydroxyl groups excluding tert-OH is 1. The third-order valence-electron chi connectivity index (χ3n) is 1.85. The first kappa shape index (κ1) is 10.7. The molecule has 4 nitrogen and oxygen atoms in total. The molecule has 1 N–H and O–H groups in total. The van der Waals surface area contributed by atoms with Crippen LogP contribution in [0.2, 0.25) is 0 Å². The Morgan fingerprint density at radius 3 is 3.00 bits per heavy atom. The van der Waals surface area contributed by atoms with Crippen LogP contribution in [0.5, 0.6) is 0 Å². The molecule has 14 heavy (non-hydrogen) atoms. The van der Waals surface area contributed by atoms with Crippen molar-refractivity contribution >= 4 is 5.97 Å². The topological polar surface area (TPSA) is 59.4 Å². The van der Waals surface area contributed by atoms with Gasteiger partial charge in [-0.05, 0) is 19.9 Å². The molecule has 0 bridgehead atoms. The van der Waals surface area contributed by atoms with Crippen molar-refractivity contribution in [3.05, 3.63) is 29.6 Å². The molecule has 0 fully saturated rings. The van der Waals surface area contributed by atoms with Gasteiger partial charge >= 0.3 is 5.97 Å². The van der Waals surface area contributed by atoms with E-state index in [4.69, 9.17) is 4.74 Å². The molecule has 0 aromatic carbocycles. The molecule has 0 spiro atoms. The molecule has 0 aliphatic rings. The Balaban J connectivity index is 2.84. The monoisotopic (exact) mass is 195 g/mol. The average molecular weight is 195 g/mol. The van der Waals surface area contributed by atoms with Crippen molar-refractivity contribution in [1.29, 1.82) is 0 Å². The Kier molecular flexibility index (Phi) is 3.59. The van der Waals surface area contributed by atoms with Crippen LogP contribution < -0.4 is 0 Å². The molecule has 76 valence electrons. The lowest BCUT2D eigenvalue weighted by Gasteiger charge is -2.11. The van der Waals surface area contributed by atoms with E-state index in [0.29, 0.717) is 11.3 Å². The van der Waals surface area contributed by atoms with Crippen LogP contribution in [-0.4, -0.2) is 22.7 Å². The maximum Gasteiger partial charge on any atom is 0.339 e. The molecule has 0 saturated carbocycles. The zero-order valence-corrected chi connectivity index (χ0v) is 8.23. The van der Waals surface area contributed by atoms with E-state index in [-0.39, 0.29) is 6.61 Å². The highest BCUT2D eigenvalue weighted by Gasteiger charge is 2.20. The van der Waals surface area contributed by atoms with E-state index in [1.807, 2.05) is 0 Å². The number of carbonyl (C=O) groups is 1. The molecule has 0 aliphatic heterocycles. The quantitative estimate of drug-likeness (QED) is 0.730. The smallest absolute Gasteiger partial charge is 0.339 e. The van der Waals surface area contributed by atoms with Gasteiger partial charge < -0.3 is 9.84 Å². The van der Waals surface area contributed by atoms with Gasteiger partial charge in [-0.25, -0.2) is 4.79 Å². The van der Waals surface area contributed by atoms with Crippen LogP contribution in [0, 0.1) is 6.92 Å². The van der Waals surface area contributed by atoms with Crippen LogP contribution in [-0.2, 0) is 9.53 Å². The molecule has 0 aliphatic carbocycles. The summed E-state index contributed by atoms with van der Waals surface area (Å²) in [5, 5.41) is 9.59. The summed E-state index contributed by atoms with van der Waals surface area (Å²) in [5.74, 6) is -0.636. The predicted molar refractivity (Wildman–Crippen MR) is 50.6 cm³/mol. The lowest BCUT2D eigenvalue weighted by Crippen LogP contribution is -2.16. The van der Waals surface area contributed by atoms with E-state index >= 15 is 0 Å².